The SMILES string of the molecule is OCC1(CNC(c2ccccc2F)C2CCCC2)COC1. The lowest BCUT2D eigenvalue weighted by Gasteiger charge is -2.41. The fourth-order valence-corrected chi connectivity index (χ4v) is 3.52. The fourth-order valence-electron chi connectivity index (χ4n) is 3.52. The Bertz CT molecular complexity index is 464. The molecule has 1 saturated heterocycles. The van der Waals surface area contributed by atoms with E-state index in [0.717, 1.165) is 18.4 Å². The molecule has 0 radical (unpaired) electrons. The van der Waals surface area contributed by atoms with Crippen molar-refractivity contribution in [3.8, 4) is 0 Å². The molecule has 0 aromatic heterocycles. The monoisotopic (exact) mass is 293 g/mol. The third-order valence-electron chi connectivity index (χ3n) is 4.96. The molecule has 1 unspecified atom stereocenters. The second-order valence-corrected chi connectivity index (χ2v) is 6.58. The van der Waals surface area contributed by atoms with Crippen molar-refractivity contribution in [2.75, 3.05) is 26.4 Å². The molecule has 1 aromatic rings. The van der Waals surface area contributed by atoms with Gasteiger partial charge in [-0.3, -0.25) is 0 Å². The molecule has 21 heavy (non-hydrogen) atoms. The summed E-state index contributed by atoms with van der Waals surface area (Å²) in [5.74, 6) is 0.350. The minimum atomic E-state index is -0.178. The Morgan fingerprint density at radius 2 is 2.00 bits per heavy atom. The van der Waals surface area contributed by atoms with Crippen LogP contribution in [0.25, 0.3) is 0 Å². The van der Waals surface area contributed by atoms with Gasteiger partial charge in [0.25, 0.3) is 0 Å². The average molecular weight is 293 g/mol. The molecule has 116 valence electrons. The van der Waals surface area contributed by atoms with Crippen LogP contribution in [-0.4, -0.2) is 31.5 Å². The summed E-state index contributed by atoms with van der Waals surface area (Å²) in [6.07, 6.45) is 4.75. The first-order valence-corrected chi connectivity index (χ1v) is 7.90. The summed E-state index contributed by atoms with van der Waals surface area (Å²) < 4.78 is 19.4. The normalized spacial score (nSPS) is 23.0. The predicted octanol–water partition coefficient (Wildman–Crippen LogP) is 2.66. The Labute approximate surface area is 125 Å². The van der Waals surface area contributed by atoms with Crippen molar-refractivity contribution in [3.05, 3.63) is 35.6 Å². The number of nitrogens with one attached hydrogen (secondary N) is 1. The van der Waals surface area contributed by atoms with Crippen molar-refractivity contribution < 1.29 is 14.2 Å². The Morgan fingerprint density at radius 1 is 1.29 bits per heavy atom. The van der Waals surface area contributed by atoms with Crippen LogP contribution in [0, 0.1) is 17.2 Å². The topological polar surface area (TPSA) is 41.5 Å². The Balaban J connectivity index is 1.75. The highest BCUT2D eigenvalue weighted by Gasteiger charge is 2.39. The van der Waals surface area contributed by atoms with Gasteiger partial charge in [-0.1, -0.05) is 31.0 Å². The molecule has 3 nitrogen and oxygen atoms in total. The van der Waals surface area contributed by atoms with Crippen LogP contribution in [0.4, 0.5) is 4.39 Å². The molecule has 4 heteroatoms. The first kappa shape index (κ1) is 14.9. The molecule has 0 bridgehead atoms. The molecule has 1 heterocycles. The van der Waals surface area contributed by atoms with Crippen LogP contribution in [0.5, 0.6) is 0 Å². The van der Waals surface area contributed by atoms with Crippen LogP contribution >= 0.6 is 0 Å². The minimum absolute atomic E-state index is 0.0396. The summed E-state index contributed by atoms with van der Waals surface area (Å²) in [5, 5.41) is 13.1. The van der Waals surface area contributed by atoms with Crippen LogP contribution in [0.15, 0.2) is 24.3 Å². The zero-order valence-electron chi connectivity index (χ0n) is 12.4. The smallest absolute Gasteiger partial charge is 0.127 e. The number of ether oxygens (including phenoxy) is 1. The first-order chi connectivity index (χ1) is 10.2. The van der Waals surface area contributed by atoms with Crippen LogP contribution in [0.1, 0.15) is 37.3 Å². The molecule has 2 N–H and O–H groups in total. The van der Waals surface area contributed by atoms with E-state index < -0.39 is 0 Å². The summed E-state index contributed by atoms with van der Waals surface area (Å²) in [4.78, 5) is 0. The van der Waals surface area contributed by atoms with Gasteiger partial charge in [-0.05, 0) is 24.8 Å². The number of halogens is 1. The molecule has 1 aliphatic carbocycles. The van der Waals surface area contributed by atoms with Gasteiger partial charge in [0.05, 0.1) is 25.2 Å². The van der Waals surface area contributed by atoms with Gasteiger partial charge in [-0.2, -0.15) is 0 Å². The summed E-state index contributed by atoms with van der Waals surface area (Å²) in [5.41, 5.74) is 0.583. The van der Waals surface area contributed by atoms with Gasteiger partial charge >= 0.3 is 0 Å². The molecular formula is C17H24FNO2. The highest BCUT2D eigenvalue weighted by Crippen LogP contribution is 2.37. The van der Waals surface area contributed by atoms with Gasteiger partial charge in [0.1, 0.15) is 5.82 Å². The number of aliphatic hydroxyl groups is 1. The van der Waals surface area contributed by atoms with E-state index in [4.69, 9.17) is 4.74 Å². The summed E-state index contributed by atoms with van der Waals surface area (Å²) in [7, 11) is 0. The molecule has 0 amide bonds. The van der Waals surface area contributed by atoms with Crippen molar-refractivity contribution in [1.29, 1.82) is 0 Å². The van der Waals surface area contributed by atoms with Gasteiger partial charge in [-0.25, -0.2) is 4.39 Å². The second-order valence-electron chi connectivity index (χ2n) is 6.58. The third kappa shape index (κ3) is 3.12. The minimum Gasteiger partial charge on any atom is -0.396 e. The van der Waals surface area contributed by atoms with E-state index in [-0.39, 0.29) is 23.9 Å². The van der Waals surface area contributed by atoms with Crippen molar-refractivity contribution in [2.24, 2.45) is 11.3 Å². The standard InChI is InChI=1S/C17H24FNO2/c18-15-8-4-3-7-14(15)16(13-5-1-2-6-13)19-9-17(10-20)11-21-12-17/h3-4,7-8,13,16,19-20H,1-2,5-6,9-12H2. The van der Waals surface area contributed by atoms with Crippen molar-refractivity contribution in [3.63, 3.8) is 0 Å². The van der Waals surface area contributed by atoms with Gasteiger partial charge in [-0.15, -0.1) is 0 Å². The van der Waals surface area contributed by atoms with E-state index in [2.05, 4.69) is 5.32 Å². The molecule has 0 spiro atoms. The fraction of sp³-hybridized carbons (Fsp3) is 0.647. The summed E-state index contributed by atoms with van der Waals surface area (Å²) >= 11 is 0. The van der Waals surface area contributed by atoms with Crippen molar-refractivity contribution in [2.45, 2.75) is 31.7 Å². The lowest BCUT2D eigenvalue weighted by Crippen LogP contribution is -2.53. The highest BCUT2D eigenvalue weighted by molar-refractivity contribution is 5.22. The van der Waals surface area contributed by atoms with E-state index in [1.54, 1.807) is 6.07 Å². The van der Waals surface area contributed by atoms with Crippen LogP contribution in [0.3, 0.4) is 0 Å². The zero-order chi connectivity index (χ0) is 14.7. The molecule has 1 saturated carbocycles. The van der Waals surface area contributed by atoms with Gasteiger partial charge in [0.15, 0.2) is 0 Å². The van der Waals surface area contributed by atoms with Crippen LogP contribution in [-0.2, 0) is 4.74 Å². The second kappa shape index (κ2) is 6.42. The molecular weight excluding hydrogens is 269 g/mol. The highest BCUT2D eigenvalue weighted by atomic mass is 19.1. The molecule has 2 aliphatic rings. The first-order valence-electron chi connectivity index (χ1n) is 7.90. The molecule has 1 aliphatic heterocycles. The number of rotatable bonds is 6. The zero-order valence-corrected chi connectivity index (χ0v) is 12.4. The summed E-state index contributed by atoms with van der Waals surface area (Å²) in [6.45, 7) is 1.98. The number of hydrogen-bond donors (Lipinski definition) is 2. The van der Waals surface area contributed by atoms with E-state index >= 15 is 0 Å². The van der Waals surface area contributed by atoms with E-state index in [1.165, 1.54) is 18.9 Å². The van der Waals surface area contributed by atoms with Gasteiger partial charge in [0, 0.05) is 18.2 Å². The van der Waals surface area contributed by atoms with Gasteiger partial charge in [0.2, 0.25) is 0 Å². The number of aliphatic hydroxyl groups excluding tert-OH is 1. The Hall–Kier alpha value is -0.970. The Kier molecular flexibility index (Phi) is 4.57. The maximum Gasteiger partial charge on any atom is 0.127 e. The maximum absolute atomic E-state index is 14.2. The molecule has 1 atom stereocenters. The number of hydrogen-bond acceptors (Lipinski definition) is 3. The quantitative estimate of drug-likeness (QED) is 0.847. The van der Waals surface area contributed by atoms with Gasteiger partial charge < -0.3 is 15.2 Å². The largest absolute Gasteiger partial charge is 0.396 e. The maximum atomic E-state index is 14.2. The molecule has 1 aromatic carbocycles. The van der Waals surface area contributed by atoms with Crippen LogP contribution < -0.4 is 5.32 Å². The Morgan fingerprint density at radius 3 is 2.57 bits per heavy atom. The lowest BCUT2D eigenvalue weighted by atomic mass is 9.85. The molecule has 2 fully saturated rings. The van der Waals surface area contributed by atoms with E-state index in [9.17, 15) is 9.50 Å². The molecule has 3 rings (SSSR count). The van der Waals surface area contributed by atoms with Crippen molar-refractivity contribution in [1.82, 2.24) is 5.32 Å². The lowest BCUT2D eigenvalue weighted by molar-refractivity contribution is -0.135. The van der Waals surface area contributed by atoms with E-state index in [0.29, 0.717) is 25.7 Å². The van der Waals surface area contributed by atoms with E-state index in [1.807, 2.05) is 12.1 Å². The summed E-state index contributed by atoms with van der Waals surface area (Å²) in [6, 6.07) is 7.09. The predicted molar refractivity (Wildman–Crippen MR) is 79.4 cm³/mol. The number of benzene rings is 1. The van der Waals surface area contributed by atoms with Crippen molar-refractivity contribution >= 4 is 0 Å². The average Bonchev–Trinajstić information content (AvgIpc) is 2.97. The third-order valence-corrected chi connectivity index (χ3v) is 4.96. The van der Waals surface area contributed by atoms with Crippen LogP contribution in [0.2, 0.25) is 0 Å².